The first kappa shape index (κ1) is 84.3. The molecule has 0 aliphatic carbocycles. The minimum atomic E-state index is -4.67. The number of quaternary nitrogens is 1. The van der Waals surface area contributed by atoms with Gasteiger partial charge in [0.2, 0.25) is 0 Å². The minimum Gasteiger partial charge on any atom is -0.756 e. The van der Waals surface area contributed by atoms with E-state index in [1.807, 2.05) is 21.1 Å². The van der Waals surface area contributed by atoms with Crippen LogP contribution in [0.3, 0.4) is 0 Å². The van der Waals surface area contributed by atoms with Crippen molar-refractivity contribution in [3.63, 3.8) is 0 Å². The van der Waals surface area contributed by atoms with Gasteiger partial charge in [0.15, 0.2) is 6.10 Å². The fourth-order valence-corrected chi connectivity index (χ4v) is 9.01. The predicted octanol–water partition coefficient (Wildman–Crippen LogP) is 22.2. The molecular formula is C80H124NO8P. The van der Waals surface area contributed by atoms with Gasteiger partial charge in [-0.3, -0.25) is 14.2 Å². The summed E-state index contributed by atoms with van der Waals surface area (Å²) in [6.07, 6.45) is 109. The van der Waals surface area contributed by atoms with Crippen molar-refractivity contribution in [1.82, 2.24) is 0 Å². The number of likely N-dealkylation sites (N-methyl/N-ethyl adjacent to an activating group) is 1. The van der Waals surface area contributed by atoms with Crippen molar-refractivity contribution >= 4 is 19.8 Å². The van der Waals surface area contributed by atoms with Crippen LogP contribution in [0.2, 0.25) is 0 Å². The largest absolute Gasteiger partial charge is 0.756 e. The van der Waals surface area contributed by atoms with Gasteiger partial charge in [0.05, 0.1) is 27.7 Å². The fraction of sp³-hybridized carbons (Fsp3) is 0.525. The molecular weight excluding hydrogens is 1130 g/mol. The van der Waals surface area contributed by atoms with Crippen molar-refractivity contribution in [2.45, 2.75) is 225 Å². The number of ether oxygens (including phenoxy) is 2. The molecule has 2 atom stereocenters. The molecule has 0 rings (SSSR count). The second kappa shape index (κ2) is 67.7. The molecule has 0 aromatic heterocycles. The maximum absolute atomic E-state index is 12.9. The van der Waals surface area contributed by atoms with Crippen LogP contribution in [0.5, 0.6) is 0 Å². The average Bonchev–Trinajstić information content (AvgIpc) is 3.58. The van der Waals surface area contributed by atoms with E-state index in [0.717, 1.165) is 180 Å². The number of carbonyl (C=O) groups is 2. The highest BCUT2D eigenvalue weighted by atomic mass is 31.2. The normalized spacial score (nSPS) is 14.5. The van der Waals surface area contributed by atoms with Gasteiger partial charge in [-0.1, -0.05) is 271 Å². The lowest BCUT2D eigenvalue weighted by molar-refractivity contribution is -0.870. The highest BCUT2D eigenvalue weighted by Crippen LogP contribution is 2.38. The maximum Gasteiger partial charge on any atom is 0.306 e. The maximum atomic E-state index is 12.9. The van der Waals surface area contributed by atoms with Gasteiger partial charge in [0.25, 0.3) is 7.82 Å². The van der Waals surface area contributed by atoms with Crippen LogP contribution >= 0.6 is 7.82 Å². The molecule has 0 aliphatic rings. The van der Waals surface area contributed by atoms with E-state index in [1.54, 1.807) is 0 Å². The summed E-state index contributed by atoms with van der Waals surface area (Å²) >= 11 is 0. The summed E-state index contributed by atoms with van der Waals surface area (Å²) in [5, 5.41) is 0. The Morgan fingerprint density at radius 2 is 0.600 bits per heavy atom. The van der Waals surface area contributed by atoms with Gasteiger partial charge < -0.3 is 27.9 Å². The third-order valence-corrected chi connectivity index (χ3v) is 14.5. The van der Waals surface area contributed by atoms with E-state index >= 15 is 0 Å². The number of nitrogens with zero attached hydrogens (tertiary/aromatic N) is 1. The molecule has 90 heavy (non-hydrogen) atoms. The second-order valence-corrected chi connectivity index (χ2v) is 24.5. The molecule has 0 spiro atoms. The zero-order valence-corrected chi connectivity index (χ0v) is 57.9. The lowest BCUT2D eigenvalue weighted by atomic mass is 10.1. The van der Waals surface area contributed by atoms with Crippen molar-refractivity contribution in [1.29, 1.82) is 0 Å². The smallest absolute Gasteiger partial charge is 0.306 e. The molecule has 502 valence electrons. The van der Waals surface area contributed by atoms with Gasteiger partial charge in [0, 0.05) is 12.8 Å². The Morgan fingerprint density at radius 3 is 0.889 bits per heavy atom. The SMILES string of the molecule is CC/C=C\C/C=C\C/C=C\C/C=C\C/C=C\C/C=C\C/C=C\C/C=C\C/C=C\C/C=C\C/C=C\CCCCCCCC(=O)OC(COC(=O)CCCCCCC/C=C\C/C=C\C/C=C\C/C=C\C/C=C\C/C=C\C/C=C\CC)COP(=O)([O-])OCC[N+](C)(C)C. The average molecular weight is 1260 g/mol. The summed E-state index contributed by atoms with van der Waals surface area (Å²) in [5.41, 5.74) is 0. The van der Waals surface area contributed by atoms with E-state index < -0.39 is 32.5 Å². The Morgan fingerprint density at radius 1 is 0.344 bits per heavy atom. The molecule has 0 aromatic rings. The lowest BCUT2D eigenvalue weighted by Gasteiger charge is -2.28. The standard InChI is InChI=1S/C80H124NO8P/c1-6-8-10-12-14-16-18-20-22-24-26-28-30-32-34-35-36-37-38-39-40-41-42-43-44-45-47-49-51-53-55-57-59-61-63-65-67-69-71-73-80(83)89-78(77-88-90(84,85)87-75-74-81(3,4)5)76-86-79(82)72-70-68-66-64-62-60-58-56-54-52-50-48-46-33-31-29-27-25-23-21-19-17-15-13-11-9-7-2/h8-11,14-17,20-23,26-29,32-34,36-37,39-40,42-43,45-47,50-53,56-59,78H,6-7,12-13,18-19,24-25,30-31,35,38,41,44,48-49,54-55,60-77H2,1-5H3/b10-8-,11-9-,16-14-,17-15-,22-20-,23-21-,28-26-,29-27-,34-32-,37-36-,40-39-,43-42-,46-33-,47-45-,52-50-,53-51-,58-56-,59-57-. The number of esters is 2. The van der Waals surface area contributed by atoms with Crippen LogP contribution in [0, 0.1) is 0 Å². The van der Waals surface area contributed by atoms with Gasteiger partial charge in [-0.2, -0.15) is 0 Å². The zero-order valence-electron chi connectivity index (χ0n) is 57.0. The van der Waals surface area contributed by atoms with Crippen molar-refractivity contribution in [3.8, 4) is 0 Å². The predicted molar refractivity (Wildman–Crippen MR) is 387 cm³/mol. The Hall–Kier alpha value is -5.67. The molecule has 0 N–H and O–H groups in total. The number of rotatable bonds is 60. The highest BCUT2D eigenvalue weighted by Gasteiger charge is 2.22. The number of unbranched alkanes of at least 4 members (excludes halogenated alkanes) is 10. The van der Waals surface area contributed by atoms with Crippen molar-refractivity contribution in [2.24, 2.45) is 0 Å². The van der Waals surface area contributed by atoms with Crippen LogP contribution in [0.1, 0.15) is 219 Å². The highest BCUT2D eigenvalue weighted by molar-refractivity contribution is 7.45. The van der Waals surface area contributed by atoms with Crippen LogP contribution in [0.4, 0.5) is 0 Å². The summed E-state index contributed by atoms with van der Waals surface area (Å²) < 4.78 is 34.2. The molecule has 0 saturated heterocycles. The summed E-state index contributed by atoms with van der Waals surface area (Å²) in [6.45, 7) is 3.93. The number of carbonyl (C=O) groups excluding carboxylic acids is 2. The van der Waals surface area contributed by atoms with Crippen molar-refractivity contribution in [3.05, 3.63) is 219 Å². The third-order valence-electron chi connectivity index (χ3n) is 13.5. The summed E-state index contributed by atoms with van der Waals surface area (Å²) in [7, 11) is 1.10. The lowest BCUT2D eigenvalue weighted by Crippen LogP contribution is -2.37. The van der Waals surface area contributed by atoms with E-state index in [9.17, 15) is 19.0 Å². The number of hydrogen-bond acceptors (Lipinski definition) is 8. The topological polar surface area (TPSA) is 111 Å². The molecule has 0 aliphatic heterocycles. The van der Waals surface area contributed by atoms with E-state index in [4.69, 9.17) is 18.5 Å². The van der Waals surface area contributed by atoms with Gasteiger partial charge in [-0.05, 0) is 154 Å². The molecule has 0 saturated carbocycles. The first-order valence-electron chi connectivity index (χ1n) is 34.4. The fourth-order valence-electron chi connectivity index (χ4n) is 8.29. The molecule has 0 fully saturated rings. The van der Waals surface area contributed by atoms with Crippen molar-refractivity contribution < 1.29 is 42.1 Å². The van der Waals surface area contributed by atoms with Crippen LogP contribution in [0.25, 0.3) is 0 Å². The number of allylic oxidation sites excluding steroid dienone is 36. The van der Waals surface area contributed by atoms with Crippen LogP contribution < -0.4 is 4.89 Å². The van der Waals surface area contributed by atoms with Gasteiger partial charge in [0.1, 0.15) is 19.8 Å². The third kappa shape index (κ3) is 71.4. The second-order valence-electron chi connectivity index (χ2n) is 23.1. The number of phosphoric acid groups is 1. The molecule has 9 nitrogen and oxygen atoms in total. The molecule has 0 aromatic carbocycles. The van der Waals surface area contributed by atoms with E-state index in [1.165, 1.54) is 0 Å². The molecule has 0 amide bonds. The van der Waals surface area contributed by atoms with E-state index in [-0.39, 0.29) is 26.1 Å². The van der Waals surface area contributed by atoms with Gasteiger partial charge >= 0.3 is 11.9 Å². The molecule has 0 radical (unpaired) electrons. The quantitative estimate of drug-likeness (QED) is 0.0195. The molecule has 0 bridgehead atoms. The van der Waals surface area contributed by atoms with Crippen LogP contribution in [-0.4, -0.2) is 70.0 Å². The summed E-state index contributed by atoms with van der Waals surface area (Å²) in [5.74, 6) is -0.898. The van der Waals surface area contributed by atoms with Crippen LogP contribution in [0.15, 0.2) is 219 Å². The molecule has 0 heterocycles. The van der Waals surface area contributed by atoms with Crippen LogP contribution in [-0.2, 0) is 32.7 Å². The Labute approximate surface area is 550 Å². The first-order valence-corrected chi connectivity index (χ1v) is 35.9. The monoisotopic (exact) mass is 1260 g/mol. The van der Waals surface area contributed by atoms with Crippen molar-refractivity contribution in [2.75, 3.05) is 47.5 Å². The molecule has 10 heteroatoms. The number of phosphoric ester groups is 1. The van der Waals surface area contributed by atoms with E-state index in [0.29, 0.717) is 23.9 Å². The Kier molecular flexibility index (Phi) is 63.4. The van der Waals surface area contributed by atoms with Gasteiger partial charge in [-0.15, -0.1) is 0 Å². The number of hydrogen-bond donors (Lipinski definition) is 0. The summed E-state index contributed by atoms with van der Waals surface area (Å²) in [6, 6.07) is 0. The molecule has 2 unspecified atom stereocenters. The Balaban J connectivity index is 4.25. The van der Waals surface area contributed by atoms with Gasteiger partial charge in [-0.25, -0.2) is 0 Å². The van der Waals surface area contributed by atoms with E-state index in [2.05, 4.69) is 233 Å². The summed E-state index contributed by atoms with van der Waals surface area (Å²) in [4.78, 5) is 38.0. The minimum absolute atomic E-state index is 0.0517. The Bertz CT molecular complexity index is 2320. The first-order chi connectivity index (χ1) is 44.0. The zero-order chi connectivity index (χ0) is 65.5.